The molecule has 0 radical (unpaired) electrons. The van der Waals surface area contributed by atoms with Gasteiger partial charge in [-0.15, -0.1) is 10.2 Å². The van der Waals surface area contributed by atoms with Crippen molar-refractivity contribution < 1.29 is 9.47 Å². The number of hydrogen-bond donors (Lipinski definition) is 1. The van der Waals surface area contributed by atoms with Crippen molar-refractivity contribution in [3.05, 3.63) is 11.6 Å². The lowest BCUT2D eigenvalue weighted by Gasteiger charge is -2.13. The van der Waals surface area contributed by atoms with Gasteiger partial charge in [0, 0.05) is 13.2 Å². The molecule has 0 bridgehead atoms. The fourth-order valence-corrected chi connectivity index (χ4v) is 1.52. The first-order valence-electron chi connectivity index (χ1n) is 5.55. The summed E-state index contributed by atoms with van der Waals surface area (Å²) in [5, 5.41) is 8.04. The number of rotatable bonds is 6. The molecule has 1 heterocycles. The highest BCUT2D eigenvalue weighted by Crippen LogP contribution is 2.18. The van der Waals surface area contributed by atoms with Crippen LogP contribution in [-0.2, 0) is 9.47 Å². The van der Waals surface area contributed by atoms with E-state index >= 15 is 0 Å². The monoisotopic (exact) mass is 228 g/mol. The van der Waals surface area contributed by atoms with Crippen molar-refractivity contribution in [1.29, 1.82) is 0 Å². The molecule has 6 heteroatoms. The minimum absolute atomic E-state index is 0.162. The van der Waals surface area contributed by atoms with E-state index in [1.54, 1.807) is 0 Å². The zero-order valence-corrected chi connectivity index (χ0v) is 10.3. The molecule has 0 fully saturated rings. The lowest BCUT2D eigenvalue weighted by atomic mass is 10.3. The van der Waals surface area contributed by atoms with Crippen LogP contribution < -0.4 is 5.84 Å². The van der Waals surface area contributed by atoms with Crippen LogP contribution in [0.5, 0.6) is 0 Å². The van der Waals surface area contributed by atoms with Crippen LogP contribution >= 0.6 is 0 Å². The maximum Gasteiger partial charge on any atom is 0.180 e. The van der Waals surface area contributed by atoms with E-state index in [4.69, 9.17) is 15.3 Å². The molecule has 0 aliphatic carbocycles. The van der Waals surface area contributed by atoms with E-state index in [2.05, 4.69) is 10.2 Å². The molecule has 0 saturated heterocycles. The molecular formula is C10H20N4O2. The molecule has 92 valence electrons. The summed E-state index contributed by atoms with van der Waals surface area (Å²) in [6.07, 6.45) is -0.324. The Balaban J connectivity index is 2.83. The summed E-state index contributed by atoms with van der Waals surface area (Å²) in [5.41, 5.74) is 0. The van der Waals surface area contributed by atoms with Crippen LogP contribution in [0.15, 0.2) is 0 Å². The van der Waals surface area contributed by atoms with Gasteiger partial charge >= 0.3 is 0 Å². The molecule has 0 unspecified atom stereocenters. The minimum Gasteiger partial charge on any atom is -0.371 e. The summed E-state index contributed by atoms with van der Waals surface area (Å²) in [6.45, 7) is 8.88. The maximum absolute atomic E-state index is 5.90. The fourth-order valence-electron chi connectivity index (χ4n) is 1.52. The smallest absolute Gasteiger partial charge is 0.180 e. The molecule has 1 rings (SSSR count). The Morgan fingerprint density at radius 3 is 1.75 bits per heavy atom. The molecule has 0 aromatic carbocycles. The van der Waals surface area contributed by atoms with Gasteiger partial charge in [-0.25, -0.2) is 4.68 Å². The molecule has 0 saturated carbocycles. The Morgan fingerprint density at radius 1 is 1.06 bits per heavy atom. The third-order valence-corrected chi connectivity index (χ3v) is 2.31. The lowest BCUT2D eigenvalue weighted by Crippen LogP contribution is -2.21. The first-order chi connectivity index (χ1) is 7.61. The zero-order chi connectivity index (χ0) is 12.1. The highest BCUT2D eigenvalue weighted by molar-refractivity contribution is 5.00. The van der Waals surface area contributed by atoms with E-state index < -0.39 is 0 Å². The van der Waals surface area contributed by atoms with Crippen molar-refractivity contribution >= 4 is 0 Å². The van der Waals surface area contributed by atoms with Crippen LogP contribution in [0.2, 0.25) is 0 Å². The summed E-state index contributed by atoms with van der Waals surface area (Å²) in [4.78, 5) is 0. The SMILES string of the molecule is CCO[C@@H](C)c1nnc([C@H](C)OCC)n1N. The zero-order valence-electron chi connectivity index (χ0n) is 10.3. The van der Waals surface area contributed by atoms with Gasteiger partial charge in [0.2, 0.25) is 0 Å². The van der Waals surface area contributed by atoms with E-state index in [1.807, 2.05) is 27.7 Å². The first-order valence-corrected chi connectivity index (χ1v) is 5.55. The summed E-state index contributed by atoms with van der Waals surface area (Å²) in [5.74, 6) is 7.13. The van der Waals surface area contributed by atoms with E-state index in [0.717, 1.165) is 0 Å². The molecule has 0 amide bonds. The van der Waals surface area contributed by atoms with Crippen molar-refractivity contribution in [1.82, 2.24) is 14.9 Å². The predicted molar refractivity (Wildman–Crippen MR) is 60.3 cm³/mol. The first kappa shape index (κ1) is 12.9. The van der Waals surface area contributed by atoms with Gasteiger partial charge in [-0.3, -0.25) is 0 Å². The molecule has 1 aromatic heterocycles. The van der Waals surface area contributed by atoms with E-state index in [1.165, 1.54) is 4.68 Å². The van der Waals surface area contributed by atoms with Crippen molar-refractivity contribution in [3.8, 4) is 0 Å². The average molecular weight is 228 g/mol. The van der Waals surface area contributed by atoms with Crippen LogP contribution in [0, 0.1) is 0 Å². The fraction of sp³-hybridized carbons (Fsp3) is 0.800. The Morgan fingerprint density at radius 2 is 1.44 bits per heavy atom. The number of nitrogen functional groups attached to an aromatic ring is 1. The summed E-state index contributed by atoms with van der Waals surface area (Å²) in [7, 11) is 0. The van der Waals surface area contributed by atoms with Crippen molar-refractivity contribution in [2.45, 2.75) is 39.9 Å². The Kier molecular flexibility index (Phi) is 4.70. The molecule has 0 aliphatic heterocycles. The summed E-state index contributed by atoms with van der Waals surface area (Å²) in [6, 6.07) is 0. The van der Waals surface area contributed by atoms with Crippen LogP contribution in [0.25, 0.3) is 0 Å². The number of nitrogens with two attached hydrogens (primary N) is 1. The third-order valence-electron chi connectivity index (χ3n) is 2.31. The second kappa shape index (κ2) is 5.81. The Hall–Kier alpha value is -1.14. The highest BCUT2D eigenvalue weighted by Gasteiger charge is 2.20. The standard InChI is InChI=1S/C10H20N4O2/c1-5-15-7(3)9-12-13-10(14(9)11)8(4)16-6-2/h7-8H,5-6,11H2,1-4H3/t7-,8-/m0/s1. The predicted octanol–water partition coefficient (Wildman–Crippen LogP) is 1.19. The third kappa shape index (κ3) is 2.70. The lowest BCUT2D eigenvalue weighted by molar-refractivity contribution is 0.0621. The van der Waals surface area contributed by atoms with Gasteiger partial charge < -0.3 is 15.3 Å². The molecule has 6 nitrogen and oxygen atoms in total. The number of nitrogens with zero attached hydrogens (tertiary/aromatic N) is 3. The van der Waals surface area contributed by atoms with E-state index in [9.17, 15) is 0 Å². The minimum atomic E-state index is -0.162. The second-order valence-corrected chi connectivity index (χ2v) is 3.48. The van der Waals surface area contributed by atoms with Crippen LogP contribution in [0.1, 0.15) is 51.6 Å². The van der Waals surface area contributed by atoms with Gasteiger partial charge in [0.05, 0.1) is 0 Å². The quantitative estimate of drug-likeness (QED) is 0.740. The van der Waals surface area contributed by atoms with Gasteiger partial charge in [-0.05, 0) is 27.7 Å². The summed E-state index contributed by atoms with van der Waals surface area (Å²) >= 11 is 0. The van der Waals surface area contributed by atoms with Crippen molar-refractivity contribution in [2.75, 3.05) is 19.1 Å². The van der Waals surface area contributed by atoms with Gasteiger partial charge in [-0.2, -0.15) is 0 Å². The number of hydrogen-bond acceptors (Lipinski definition) is 5. The van der Waals surface area contributed by atoms with Crippen LogP contribution in [0.3, 0.4) is 0 Å². The number of ether oxygens (including phenoxy) is 2. The van der Waals surface area contributed by atoms with Crippen LogP contribution in [0.4, 0.5) is 0 Å². The van der Waals surface area contributed by atoms with Crippen molar-refractivity contribution in [3.63, 3.8) is 0 Å². The maximum atomic E-state index is 5.90. The van der Waals surface area contributed by atoms with Crippen molar-refractivity contribution in [2.24, 2.45) is 0 Å². The van der Waals surface area contributed by atoms with Gasteiger partial charge in [0.15, 0.2) is 11.6 Å². The van der Waals surface area contributed by atoms with E-state index in [0.29, 0.717) is 24.9 Å². The largest absolute Gasteiger partial charge is 0.371 e. The molecule has 16 heavy (non-hydrogen) atoms. The van der Waals surface area contributed by atoms with Gasteiger partial charge in [0.1, 0.15) is 12.2 Å². The number of aromatic nitrogens is 3. The summed E-state index contributed by atoms with van der Waals surface area (Å²) < 4.78 is 12.3. The van der Waals surface area contributed by atoms with Gasteiger partial charge in [-0.1, -0.05) is 0 Å². The average Bonchev–Trinajstić information content (AvgIpc) is 2.61. The van der Waals surface area contributed by atoms with Gasteiger partial charge in [0.25, 0.3) is 0 Å². The van der Waals surface area contributed by atoms with Crippen LogP contribution in [-0.4, -0.2) is 28.1 Å². The Labute approximate surface area is 95.7 Å². The molecule has 1 aromatic rings. The topological polar surface area (TPSA) is 75.2 Å². The molecule has 0 aliphatic rings. The highest BCUT2D eigenvalue weighted by atomic mass is 16.5. The second-order valence-electron chi connectivity index (χ2n) is 3.48. The Bertz CT molecular complexity index is 297. The molecule has 0 spiro atoms. The molecule has 2 atom stereocenters. The molecule has 2 N–H and O–H groups in total. The van der Waals surface area contributed by atoms with E-state index in [-0.39, 0.29) is 12.2 Å². The normalized spacial score (nSPS) is 15.0. The molecular weight excluding hydrogens is 208 g/mol.